The second-order valence-electron chi connectivity index (χ2n) is 5.35. The average molecular weight is 302 g/mol. The minimum atomic E-state index is 0.495. The maximum Gasteiger partial charge on any atom is 0.258 e. The van der Waals surface area contributed by atoms with Crippen molar-refractivity contribution in [1.29, 1.82) is 0 Å². The van der Waals surface area contributed by atoms with Gasteiger partial charge in [-0.15, -0.1) is 0 Å². The van der Waals surface area contributed by atoms with E-state index in [4.69, 9.17) is 8.94 Å². The summed E-state index contributed by atoms with van der Waals surface area (Å²) < 4.78 is 10.9. The third-order valence-corrected chi connectivity index (χ3v) is 3.62. The Hall–Kier alpha value is -3.14. The van der Waals surface area contributed by atoms with Gasteiger partial charge in [0.15, 0.2) is 0 Å². The lowest BCUT2D eigenvalue weighted by atomic mass is 10.1. The highest BCUT2D eigenvalue weighted by atomic mass is 16.5. The van der Waals surface area contributed by atoms with E-state index < -0.39 is 0 Å². The molecule has 0 saturated carbocycles. The number of nitrogens with zero attached hydrogens (tertiary/aromatic N) is 2. The van der Waals surface area contributed by atoms with Crippen molar-refractivity contribution in [1.82, 2.24) is 10.1 Å². The van der Waals surface area contributed by atoms with Crippen LogP contribution in [0.5, 0.6) is 0 Å². The Balaban J connectivity index is 1.71. The molecule has 2 aromatic heterocycles. The van der Waals surface area contributed by atoms with E-state index in [1.54, 1.807) is 6.26 Å². The molecule has 0 atom stereocenters. The second-order valence-corrected chi connectivity index (χ2v) is 5.35. The highest BCUT2D eigenvalue weighted by Gasteiger charge is 2.12. The van der Waals surface area contributed by atoms with Gasteiger partial charge in [-0.05, 0) is 37.3 Å². The molecule has 0 radical (unpaired) electrons. The maximum absolute atomic E-state index is 5.43. The highest BCUT2D eigenvalue weighted by Crippen LogP contribution is 2.27. The Labute approximate surface area is 133 Å². The first-order valence-electron chi connectivity index (χ1n) is 7.35. The smallest absolute Gasteiger partial charge is 0.258 e. The first kappa shape index (κ1) is 13.5. The fourth-order valence-corrected chi connectivity index (χ4v) is 2.49. The largest absolute Gasteiger partial charge is 0.464 e. The Morgan fingerprint density at radius 1 is 0.826 bits per heavy atom. The SMILES string of the molecule is Cc1cccc(-c2noc(-c3cccc(-c4ccco4)c3)n2)c1. The van der Waals surface area contributed by atoms with Crippen LogP contribution in [0, 0.1) is 6.92 Å². The van der Waals surface area contributed by atoms with Crippen molar-refractivity contribution in [3.8, 4) is 34.2 Å². The first-order chi connectivity index (χ1) is 11.3. The molecule has 0 fully saturated rings. The number of hydrogen-bond donors (Lipinski definition) is 0. The summed E-state index contributed by atoms with van der Waals surface area (Å²) in [6.45, 7) is 2.04. The van der Waals surface area contributed by atoms with Crippen LogP contribution in [0.3, 0.4) is 0 Å². The van der Waals surface area contributed by atoms with Crippen LogP contribution >= 0.6 is 0 Å². The number of furan rings is 1. The number of aromatic nitrogens is 2. The fourth-order valence-electron chi connectivity index (χ4n) is 2.49. The van der Waals surface area contributed by atoms with E-state index in [0.717, 1.165) is 28.0 Å². The van der Waals surface area contributed by atoms with E-state index in [9.17, 15) is 0 Å². The molecule has 4 aromatic rings. The molecule has 0 N–H and O–H groups in total. The molecule has 0 aliphatic carbocycles. The molecule has 23 heavy (non-hydrogen) atoms. The summed E-state index contributed by atoms with van der Waals surface area (Å²) in [6.07, 6.45) is 1.66. The van der Waals surface area contributed by atoms with Gasteiger partial charge in [0.2, 0.25) is 5.82 Å². The van der Waals surface area contributed by atoms with Gasteiger partial charge in [0, 0.05) is 16.7 Å². The highest BCUT2D eigenvalue weighted by molar-refractivity contribution is 5.67. The van der Waals surface area contributed by atoms with Crippen LogP contribution in [0.4, 0.5) is 0 Å². The zero-order valence-electron chi connectivity index (χ0n) is 12.6. The Morgan fingerprint density at radius 2 is 1.65 bits per heavy atom. The van der Waals surface area contributed by atoms with Crippen molar-refractivity contribution in [3.63, 3.8) is 0 Å². The van der Waals surface area contributed by atoms with Gasteiger partial charge in [0.1, 0.15) is 5.76 Å². The summed E-state index contributed by atoms with van der Waals surface area (Å²) in [5.74, 6) is 1.90. The molecule has 0 saturated heterocycles. The molecule has 0 aliphatic heterocycles. The molecular formula is C19H14N2O2. The summed E-state index contributed by atoms with van der Waals surface area (Å²) in [5.41, 5.74) is 3.95. The summed E-state index contributed by atoms with van der Waals surface area (Å²) in [7, 11) is 0. The first-order valence-corrected chi connectivity index (χ1v) is 7.35. The van der Waals surface area contributed by atoms with E-state index >= 15 is 0 Å². The quantitative estimate of drug-likeness (QED) is 0.536. The Bertz CT molecular complexity index is 939. The summed E-state index contributed by atoms with van der Waals surface area (Å²) >= 11 is 0. The van der Waals surface area contributed by atoms with Crippen molar-refractivity contribution in [2.75, 3.05) is 0 Å². The molecule has 112 valence electrons. The lowest BCUT2D eigenvalue weighted by molar-refractivity contribution is 0.432. The molecule has 4 heteroatoms. The Morgan fingerprint density at radius 3 is 2.48 bits per heavy atom. The van der Waals surface area contributed by atoms with Crippen LogP contribution in [-0.4, -0.2) is 10.1 Å². The number of hydrogen-bond acceptors (Lipinski definition) is 4. The minimum Gasteiger partial charge on any atom is -0.464 e. The van der Waals surface area contributed by atoms with Gasteiger partial charge in [0.05, 0.1) is 6.26 Å². The van der Waals surface area contributed by atoms with Crippen molar-refractivity contribution in [3.05, 3.63) is 72.5 Å². The molecule has 4 rings (SSSR count). The number of benzene rings is 2. The molecule has 0 unspecified atom stereocenters. The zero-order valence-corrected chi connectivity index (χ0v) is 12.6. The Kier molecular flexibility index (Phi) is 3.27. The minimum absolute atomic E-state index is 0.495. The molecule has 0 amide bonds. The summed E-state index contributed by atoms with van der Waals surface area (Å²) in [6, 6.07) is 19.7. The average Bonchev–Trinajstić information content (AvgIpc) is 3.27. The second kappa shape index (κ2) is 5.57. The van der Waals surface area contributed by atoms with Gasteiger partial charge in [-0.1, -0.05) is 41.1 Å². The molecule has 2 heterocycles. The molecule has 0 bridgehead atoms. The van der Waals surface area contributed by atoms with E-state index in [1.165, 1.54) is 0 Å². The topological polar surface area (TPSA) is 52.1 Å². The van der Waals surface area contributed by atoms with Crippen LogP contribution in [0.1, 0.15) is 5.56 Å². The van der Waals surface area contributed by atoms with Gasteiger partial charge in [-0.3, -0.25) is 0 Å². The molecule has 2 aromatic carbocycles. The monoisotopic (exact) mass is 302 g/mol. The molecular weight excluding hydrogens is 288 g/mol. The normalized spacial score (nSPS) is 10.8. The van der Waals surface area contributed by atoms with Gasteiger partial charge >= 0.3 is 0 Å². The van der Waals surface area contributed by atoms with Crippen molar-refractivity contribution >= 4 is 0 Å². The predicted octanol–water partition coefficient (Wildman–Crippen LogP) is 4.97. The zero-order chi connectivity index (χ0) is 15.6. The number of rotatable bonds is 3. The summed E-state index contributed by atoms with van der Waals surface area (Å²) in [4.78, 5) is 4.51. The van der Waals surface area contributed by atoms with E-state index in [2.05, 4.69) is 10.1 Å². The van der Waals surface area contributed by atoms with Crippen LogP contribution in [0.25, 0.3) is 34.2 Å². The maximum atomic E-state index is 5.43. The van der Waals surface area contributed by atoms with Gasteiger partial charge in [-0.25, -0.2) is 0 Å². The van der Waals surface area contributed by atoms with Crippen LogP contribution in [0.2, 0.25) is 0 Å². The van der Waals surface area contributed by atoms with Gasteiger partial charge < -0.3 is 8.94 Å². The molecule has 0 aliphatic rings. The van der Waals surface area contributed by atoms with Crippen LogP contribution in [0.15, 0.2) is 75.9 Å². The lowest BCUT2D eigenvalue weighted by Crippen LogP contribution is -1.83. The molecule has 4 nitrogen and oxygen atoms in total. The third kappa shape index (κ3) is 2.66. The fraction of sp³-hybridized carbons (Fsp3) is 0.0526. The van der Waals surface area contributed by atoms with Crippen molar-refractivity contribution < 1.29 is 8.94 Å². The van der Waals surface area contributed by atoms with E-state index in [0.29, 0.717) is 11.7 Å². The van der Waals surface area contributed by atoms with E-state index in [1.807, 2.05) is 67.6 Å². The van der Waals surface area contributed by atoms with Crippen LogP contribution in [-0.2, 0) is 0 Å². The van der Waals surface area contributed by atoms with Gasteiger partial charge in [-0.2, -0.15) is 4.98 Å². The van der Waals surface area contributed by atoms with Crippen molar-refractivity contribution in [2.45, 2.75) is 6.92 Å². The van der Waals surface area contributed by atoms with Crippen LogP contribution < -0.4 is 0 Å². The number of aryl methyl sites for hydroxylation is 1. The summed E-state index contributed by atoms with van der Waals surface area (Å²) in [5, 5.41) is 4.09. The van der Waals surface area contributed by atoms with Crippen molar-refractivity contribution in [2.24, 2.45) is 0 Å². The third-order valence-electron chi connectivity index (χ3n) is 3.62. The van der Waals surface area contributed by atoms with Gasteiger partial charge in [0.25, 0.3) is 5.89 Å². The standard InChI is InChI=1S/C19H14N2O2/c1-13-5-2-7-15(11-13)18-20-19(23-21-18)16-8-3-6-14(12-16)17-9-4-10-22-17/h2-12H,1H3. The van der Waals surface area contributed by atoms with E-state index in [-0.39, 0.29) is 0 Å². The predicted molar refractivity (Wildman–Crippen MR) is 87.6 cm³/mol. The molecule has 0 spiro atoms. The lowest BCUT2D eigenvalue weighted by Gasteiger charge is -1.99.